The minimum absolute atomic E-state index is 0.145. The molecule has 210 valence electrons. The Bertz CT molecular complexity index is 2060. The number of benzene rings is 4. The van der Waals surface area contributed by atoms with Crippen molar-refractivity contribution in [2.45, 2.75) is 6.61 Å². The predicted molar refractivity (Wildman–Crippen MR) is 168 cm³/mol. The lowest BCUT2D eigenvalue weighted by Crippen LogP contribution is -2.20. The zero-order chi connectivity index (χ0) is 29.4. The normalized spacial score (nSPS) is 11.5. The number of fused-ring (bicyclic) bond motifs is 2. The Kier molecular flexibility index (Phi) is 7.85. The van der Waals surface area contributed by atoms with Gasteiger partial charge >= 0.3 is 0 Å². The first kappa shape index (κ1) is 28.1. The second kappa shape index (κ2) is 11.7. The van der Waals surface area contributed by atoms with Gasteiger partial charge in [-0.25, -0.2) is 9.37 Å². The SMILES string of the molecule is COc1cc(C=Nn2c(-c3cc4cc(Br)ccc4o3)nc3ccccc3c2=O)c(Br)c(Cl)c1OCc1ccc(F)cc1. The number of rotatable bonds is 7. The summed E-state index contributed by atoms with van der Waals surface area (Å²) in [5.74, 6) is 0.918. The quantitative estimate of drug-likeness (QED) is 0.155. The van der Waals surface area contributed by atoms with Gasteiger partial charge in [-0.15, -0.1) is 0 Å². The van der Waals surface area contributed by atoms with Crippen LogP contribution in [0, 0.1) is 5.82 Å². The van der Waals surface area contributed by atoms with E-state index >= 15 is 0 Å². The molecule has 0 atom stereocenters. The highest BCUT2D eigenvalue weighted by molar-refractivity contribution is 9.10. The first-order chi connectivity index (χ1) is 20.3. The van der Waals surface area contributed by atoms with Gasteiger partial charge in [0.25, 0.3) is 5.56 Å². The Balaban J connectivity index is 1.42. The van der Waals surface area contributed by atoms with E-state index < -0.39 is 0 Å². The number of methoxy groups -OCH3 is 1. The van der Waals surface area contributed by atoms with E-state index in [1.165, 1.54) is 30.1 Å². The molecule has 0 fully saturated rings. The van der Waals surface area contributed by atoms with Gasteiger partial charge in [0.15, 0.2) is 17.3 Å². The Morgan fingerprint density at radius 1 is 1.07 bits per heavy atom. The van der Waals surface area contributed by atoms with Crippen LogP contribution in [0.2, 0.25) is 5.02 Å². The lowest BCUT2D eigenvalue weighted by molar-refractivity contribution is 0.284. The third kappa shape index (κ3) is 5.45. The van der Waals surface area contributed by atoms with Gasteiger partial charge in [-0.2, -0.15) is 9.78 Å². The number of aromatic nitrogens is 2. The molecule has 0 aliphatic heterocycles. The highest BCUT2D eigenvalue weighted by Crippen LogP contribution is 2.42. The molecule has 7 nitrogen and oxygen atoms in total. The van der Waals surface area contributed by atoms with Crippen molar-refractivity contribution in [3.63, 3.8) is 0 Å². The fourth-order valence-corrected chi connectivity index (χ4v) is 5.39. The Labute approximate surface area is 260 Å². The van der Waals surface area contributed by atoms with Crippen molar-refractivity contribution in [3.8, 4) is 23.1 Å². The van der Waals surface area contributed by atoms with Crippen LogP contribution in [-0.4, -0.2) is 23.0 Å². The molecule has 0 unspecified atom stereocenters. The molecule has 0 spiro atoms. The van der Waals surface area contributed by atoms with Crippen molar-refractivity contribution in [2.75, 3.05) is 7.11 Å². The van der Waals surface area contributed by atoms with Gasteiger partial charge in [0.05, 0.1) is 24.2 Å². The van der Waals surface area contributed by atoms with Crippen LogP contribution in [-0.2, 0) is 6.61 Å². The van der Waals surface area contributed by atoms with Gasteiger partial charge in [0.1, 0.15) is 23.0 Å². The summed E-state index contributed by atoms with van der Waals surface area (Å²) in [6.45, 7) is 0.145. The van der Waals surface area contributed by atoms with Crippen molar-refractivity contribution in [3.05, 3.63) is 120 Å². The van der Waals surface area contributed by atoms with E-state index in [1.54, 1.807) is 36.4 Å². The van der Waals surface area contributed by atoms with Crippen molar-refractivity contribution in [1.82, 2.24) is 9.66 Å². The molecule has 2 aromatic heterocycles. The zero-order valence-corrected chi connectivity index (χ0v) is 25.7. The number of para-hydroxylation sites is 1. The molecule has 0 aliphatic carbocycles. The van der Waals surface area contributed by atoms with Gasteiger partial charge in [0.2, 0.25) is 5.82 Å². The molecule has 0 amide bonds. The highest BCUT2D eigenvalue weighted by Gasteiger charge is 2.19. The van der Waals surface area contributed by atoms with Crippen LogP contribution in [0.25, 0.3) is 33.5 Å². The molecular formula is C31H19Br2ClFN3O4. The van der Waals surface area contributed by atoms with Crippen LogP contribution in [0.1, 0.15) is 11.1 Å². The number of ether oxygens (including phenoxy) is 2. The fraction of sp³-hybridized carbons (Fsp3) is 0.0645. The maximum atomic E-state index is 13.6. The van der Waals surface area contributed by atoms with Crippen LogP contribution >= 0.6 is 43.5 Å². The van der Waals surface area contributed by atoms with E-state index in [0.29, 0.717) is 43.8 Å². The van der Waals surface area contributed by atoms with Crippen LogP contribution in [0.5, 0.6) is 11.5 Å². The molecular weight excluding hydrogens is 693 g/mol. The molecule has 0 N–H and O–H groups in total. The monoisotopic (exact) mass is 709 g/mol. The molecule has 0 saturated carbocycles. The number of nitrogens with zero attached hydrogens (tertiary/aromatic N) is 3. The summed E-state index contributed by atoms with van der Waals surface area (Å²) in [5, 5.41) is 6.01. The van der Waals surface area contributed by atoms with Gasteiger partial charge in [-0.1, -0.05) is 51.8 Å². The number of furan rings is 1. The predicted octanol–water partition coefficient (Wildman–Crippen LogP) is 8.60. The number of hydrogen-bond acceptors (Lipinski definition) is 6. The van der Waals surface area contributed by atoms with E-state index in [1.807, 2.05) is 30.3 Å². The first-order valence-electron chi connectivity index (χ1n) is 12.5. The molecule has 6 rings (SSSR count). The van der Waals surface area contributed by atoms with E-state index in [-0.39, 0.29) is 28.8 Å². The Morgan fingerprint density at radius 3 is 2.64 bits per heavy atom. The minimum Gasteiger partial charge on any atom is -0.493 e. The minimum atomic E-state index is -0.373. The summed E-state index contributed by atoms with van der Waals surface area (Å²) in [6.07, 6.45) is 1.48. The summed E-state index contributed by atoms with van der Waals surface area (Å²) < 4.78 is 33.4. The molecule has 0 bridgehead atoms. The van der Waals surface area contributed by atoms with Crippen LogP contribution in [0.3, 0.4) is 0 Å². The van der Waals surface area contributed by atoms with Gasteiger partial charge < -0.3 is 13.9 Å². The van der Waals surface area contributed by atoms with Crippen LogP contribution in [0.4, 0.5) is 4.39 Å². The molecule has 2 heterocycles. The molecule has 42 heavy (non-hydrogen) atoms. The first-order valence-corrected chi connectivity index (χ1v) is 14.5. The van der Waals surface area contributed by atoms with Gasteiger partial charge in [0, 0.05) is 19.9 Å². The number of halogens is 4. The largest absolute Gasteiger partial charge is 0.493 e. The lowest BCUT2D eigenvalue weighted by atomic mass is 10.2. The lowest BCUT2D eigenvalue weighted by Gasteiger charge is -2.15. The standard InChI is InChI=1S/C31H19Br2ClFN3O4/c1-40-25-14-19(27(33)28(34)29(25)41-16-17-6-9-21(35)10-7-17)15-36-38-30(37-23-5-3-2-4-22(23)31(38)39)26-13-18-12-20(32)8-11-24(18)42-26/h2-15H,16H2,1H3. The summed E-state index contributed by atoms with van der Waals surface area (Å²) in [6, 6.07) is 22.1. The fourth-order valence-electron chi connectivity index (χ4n) is 4.36. The van der Waals surface area contributed by atoms with Gasteiger partial charge in [-0.3, -0.25) is 4.79 Å². The Hall–Kier alpha value is -3.99. The van der Waals surface area contributed by atoms with Crippen LogP contribution < -0.4 is 15.0 Å². The summed E-state index contributed by atoms with van der Waals surface area (Å²) >= 11 is 13.7. The van der Waals surface area contributed by atoms with Crippen molar-refractivity contribution in [2.24, 2.45) is 5.10 Å². The molecule has 4 aromatic carbocycles. The smallest absolute Gasteiger partial charge is 0.282 e. The summed E-state index contributed by atoms with van der Waals surface area (Å²) in [4.78, 5) is 18.4. The maximum absolute atomic E-state index is 13.6. The molecule has 0 radical (unpaired) electrons. The van der Waals surface area contributed by atoms with E-state index in [0.717, 1.165) is 15.4 Å². The molecule has 0 aliphatic rings. The highest BCUT2D eigenvalue weighted by atomic mass is 79.9. The molecule has 11 heteroatoms. The summed E-state index contributed by atoms with van der Waals surface area (Å²) in [7, 11) is 1.49. The Morgan fingerprint density at radius 2 is 1.86 bits per heavy atom. The summed E-state index contributed by atoms with van der Waals surface area (Å²) in [5.41, 5.74) is 2.05. The van der Waals surface area contributed by atoms with Crippen LogP contribution in [0.15, 0.2) is 102 Å². The van der Waals surface area contributed by atoms with Gasteiger partial charge in [-0.05, 0) is 76.1 Å². The van der Waals surface area contributed by atoms with Crippen molar-refractivity contribution in [1.29, 1.82) is 0 Å². The van der Waals surface area contributed by atoms with E-state index in [4.69, 9.17) is 30.5 Å². The zero-order valence-electron chi connectivity index (χ0n) is 21.8. The number of hydrogen-bond donors (Lipinski definition) is 0. The molecule has 6 aromatic rings. The average Bonchev–Trinajstić information content (AvgIpc) is 3.42. The maximum Gasteiger partial charge on any atom is 0.282 e. The van der Waals surface area contributed by atoms with E-state index in [9.17, 15) is 9.18 Å². The average molecular weight is 712 g/mol. The topological polar surface area (TPSA) is 78.9 Å². The van der Waals surface area contributed by atoms with Crippen molar-refractivity contribution < 1.29 is 18.3 Å². The second-order valence-corrected chi connectivity index (χ2v) is 11.2. The second-order valence-electron chi connectivity index (χ2n) is 9.15. The van der Waals surface area contributed by atoms with E-state index in [2.05, 4.69) is 37.0 Å². The third-order valence-corrected chi connectivity index (χ3v) is 8.37. The third-order valence-electron chi connectivity index (χ3n) is 6.44. The van der Waals surface area contributed by atoms with Crippen molar-refractivity contribution >= 4 is 71.5 Å². The molecule has 0 saturated heterocycles.